The fraction of sp³-hybridized carbons (Fsp3) is 0.360. The van der Waals surface area contributed by atoms with Gasteiger partial charge in [0.05, 0.1) is 13.2 Å². The molecule has 8 N–H and O–H groups in total. The van der Waals surface area contributed by atoms with Gasteiger partial charge in [-0.2, -0.15) is 0 Å². The lowest BCUT2D eigenvalue weighted by Gasteiger charge is -2.41. The van der Waals surface area contributed by atoms with Gasteiger partial charge in [-0.15, -0.1) is 0 Å². The van der Waals surface area contributed by atoms with Gasteiger partial charge in [0.25, 0.3) is 0 Å². The SMILES string of the molecule is O=C(O)C(=O)O.OC1COC(O)(CNCCc2c[nH]c3ccc(OCc4ccccc4)cc23)C(O)C1O. The Morgan fingerprint density at radius 1 is 1.08 bits per heavy atom. The predicted octanol–water partition coefficient (Wildman–Crippen LogP) is -0.164. The van der Waals surface area contributed by atoms with Gasteiger partial charge in [0, 0.05) is 17.1 Å². The number of hydrogen-bond donors (Lipinski definition) is 8. The highest BCUT2D eigenvalue weighted by molar-refractivity contribution is 6.27. The summed E-state index contributed by atoms with van der Waals surface area (Å²) in [6.45, 7) is 0.685. The van der Waals surface area contributed by atoms with Crippen molar-refractivity contribution in [2.75, 3.05) is 19.7 Å². The van der Waals surface area contributed by atoms with Gasteiger partial charge in [0.2, 0.25) is 5.79 Å². The molecule has 1 aliphatic rings. The highest BCUT2D eigenvalue weighted by atomic mass is 16.6. The molecule has 12 heteroatoms. The lowest BCUT2D eigenvalue weighted by molar-refractivity contribution is -0.317. The molecule has 2 aromatic carbocycles. The molecule has 4 rings (SSSR count). The zero-order valence-electron chi connectivity index (χ0n) is 19.8. The van der Waals surface area contributed by atoms with Crippen molar-refractivity contribution < 1.29 is 49.7 Å². The number of nitrogens with one attached hydrogen (secondary N) is 2. The molecule has 0 spiro atoms. The summed E-state index contributed by atoms with van der Waals surface area (Å²) in [6, 6.07) is 15.9. The van der Waals surface area contributed by atoms with Crippen LogP contribution in [0.5, 0.6) is 5.75 Å². The van der Waals surface area contributed by atoms with E-state index in [4.69, 9.17) is 29.3 Å². The summed E-state index contributed by atoms with van der Waals surface area (Å²) in [5.41, 5.74) is 3.19. The van der Waals surface area contributed by atoms with E-state index in [-0.39, 0.29) is 13.2 Å². The Morgan fingerprint density at radius 2 is 1.78 bits per heavy atom. The number of carboxylic acid groups (broad SMARTS) is 2. The monoisotopic (exact) mass is 518 g/mol. The summed E-state index contributed by atoms with van der Waals surface area (Å²) in [5, 5.41) is 58.6. The molecule has 4 unspecified atom stereocenters. The van der Waals surface area contributed by atoms with Gasteiger partial charge in [-0.1, -0.05) is 30.3 Å². The Labute approximate surface area is 211 Å². The molecule has 0 amide bonds. The fourth-order valence-corrected chi connectivity index (χ4v) is 3.73. The minimum atomic E-state index is -1.95. The molecule has 2 heterocycles. The topological polar surface area (TPSA) is 202 Å². The second-order valence-electron chi connectivity index (χ2n) is 8.49. The van der Waals surface area contributed by atoms with Gasteiger partial charge >= 0.3 is 11.9 Å². The molecule has 1 fully saturated rings. The number of aliphatic hydroxyl groups excluding tert-OH is 3. The number of aromatic amines is 1. The molecule has 37 heavy (non-hydrogen) atoms. The lowest BCUT2D eigenvalue weighted by atomic mass is 9.97. The van der Waals surface area contributed by atoms with E-state index >= 15 is 0 Å². The van der Waals surface area contributed by atoms with Gasteiger partial charge in [-0.3, -0.25) is 0 Å². The summed E-state index contributed by atoms with van der Waals surface area (Å²) < 4.78 is 11.1. The standard InChI is InChI=1S/C23H28N2O6.C2H2O4/c26-20-13-31-23(29,22(28)21(20)27)14-24-9-8-16-11-25-19-7-6-17(10-18(16)19)30-12-15-4-2-1-3-5-15;3-1(4)2(5)6/h1-7,10-11,20-22,24-29H,8-9,12-14H2;(H,3,4)(H,5,6). The van der Waals surface area contributed by atoms with E-state index in [1.54, 1.807) is 0 Å². The maximum atomic E-state index is 10.4. The van der Waals surface area contributed by atoms with Crippen LogP contribution in [0, 0.1) is 0 Å². The van der Waals surface area contributed by atoms with Gasteiger partial charge in [-0.25, -0.2) is 9.59 Å². The minimum absolute atomic E-state index is 0.0776. The lowest BCUT2D eigenvalue weighted by Crippen LogP contribution is -2.64. The van der Waals surface area contributed by atoms with Crippen LogP contribution in [0.4, 0.5) is 0 Å². The Hall–Kier alpha value is -3.52. The van der Waals surface area contributed by atoms with E-state index in [9.17, 15) is 20.4 Å². The van der Waals surface area contributed by atoms with E-state index in [1.165, 1.54) is 0 Å². The average molecular weight is 519 g/mol. The molecule has 1 saturated heterocycles. The first-order valence-corrected chi connectivity index (χ1v) is 11.4. The number of rotatable bonds is 8. The fourth-order valence-electron chi connectivity index (χ4n) is 3.73. The first-order chi connectivity index (χ1) is 17.6. The van der Waals surface area contributed by atoms with Crippen LogP contribution in [0.2, 0.25) is 0 Å². The van der Waals surface area contributed by atoms with Crippen LogP contribution in [0.1, 0.15) is 11.1 Å². The number of hydrogen-bond acceptors (Lipinski definition) is 9. The molecular weight excluding hydrogens is 488 g/mol. The summed E-state index contributed by atoms with van der Waals surface area (Å²) in [5.74, 6) is -4.81. The van der Waals surface area contributed by atoms with Crippen LogP contribution in [0.15, 0.2) is 54.7 Å². The minimum Gasteiger partial charge on any atom is -0.489 e. The number of fused-ring (bicyclic) bond motifs is 1. The van der Waals surface area contributed by atoms with Crippen LogP contribution < -0.4 is 10.1 Å². The number of carboxylic acids is 2. The first kappa shape index (κ1) is 28.1. The predicted molar refractivity (Wildman–Crippen MR) is 130 cm³/mol. The highest BCUT2D eigenvalue weighted by Crippen LogP contribution is 2.25. The number of aliphatic hydroxyl groups is 4. The van der Waals surface area contributed by atoms with E-state index in [2.05, 4.69) is 10.3 Å². The molecule has 12 nitrogen and oxygen atoms in total. The quantitative estimate of drug-likeness (QED) is 0.145. The van der Waals surface area contributed by atoms with Crippen LogP contribution >= 0.6 is 0 Å². The van der Waals surface area contributed by atoms with Crippen LogP contribution in [0.3, 0.4) is 0 Å². The Bertz CT molecular complexity index is 1170. The largest absolute Gasteiger partial charge is 0.489 e. The second kappa shape index (κ2) is 12.6. The van der Waals surface area contributed by atoms with Crippen LogP contribution in [0.25, 0.3) is 10.9 Å². The van der Waals surface area contributed by atoms with Gasteiger partial charge in [0.15, 0.2) is 0 Å². The maximum Gasteiger partial charge on any atom is 0.414 e. The molecule has 1 aromatic heterocycles. The van der Waals surface area contributed by atoms with E-state index in [1.807, 2.05) is 54.7 Å². The van der Waals surface area contributed by atoms with Crippen molar-refractivity contribution in [2.45, 2.75) is 37.1 Å². The number of ether oxygens (including phenoxy) is 2. The molecule has 3 aromatic rings. The molecule has 0 aliphatic carbocycles. The summed E-state index contributed by atoms with van der Waals surface area (Å²) in [6.07, 6.45) is -1.67. The zero-order chi connectivity index (χ0) is 27.0. The number of H-pyrrole nitrogens is 1. The highest BCUT2D eigenvalue weighted by Gasteiger charge is 2.48. The van der Waals surface area contributed by atoms with E-state index in [0.717, 1.165) is 27.8 Å². The van der Waals surface area contributed by atoms with Crippen molar-refractivity contribution in [1.82, 2.24) is 10.3 Å². The van der Waals surface area contributed by atoms with Crippen molar-refractivity contribution in [1.29, 1.82) is 0 Å². The van der Waals surface area contributed by atoms with E-state index in [0.29, 0.717) is 19.6 Å². The van der Waals surface area contributed by atoms with Crippen LogP contribution in [-0.2, 0) is 27.4 Å². The van der Waals surface area contributed by atoms with Crippen LogP contribution in [-0.4, -0.2) is 91.4 Å². The third kappa shape index (κ3) is 7.49. The van der Waals surface area contributed by atoms with Crippen molar-refractivity contribution in [3.05, 3.63) is 65.9 Å². The average Bonchev–Trinajstić information content (AvgIpc) is 3.30. The molecule has 0 radical (unpaired) electrons. The van der Waals surface area contributed by atoms with Crippen molar-refractivity contribution >= 4 is 22.8 Å². The number of aliphatic carboxylic acids is 2. The molecule has 4 atom stereocenters. The Morgan fingerprint density at radius 3 is 2.46 bits per heavy atom. The van der Waals surface area contributed by atoms with E-state index < -0.39 is 36.0 Å². The number of benzene rings is 2. The third-order valence-corrected chi connectivity index (χ3v) is 5.80. The number of carbonyl (C=O) groups is 2. The van der Waals surface area contributed by atoms with Gasteiger partial charge < -0.3 is 50.4 Å². The van der Waals surface area contributed by atoms with Crippen molar-refractivity contribution in [3.63, 3.8) is 0 Å². The summed E-state index contributed by atoms with van der Waals surface area (Å²) in [4.78, 5) is 21.4. The normalized spacial score (nSPS) is 23.2. The smallest absolute Gasteiger partial charge is 0.414 e. The first-order valence-electron chi connectivity index (χ1n) is 11.4. The van der Waals surface area contributed by atoms with Crippen molar-refractivity contribution in [3.8, 4) is 5.75 Å². The van der Waals surface area contributed by atoms with Gasteiger partial charge in [-0.05, 0) is 42.3 Å². The molecule has 200 valence electrons. The molecular formula is C25H30N2O10. The molecule has 0 saturated carbocycles. The van der Waals surface area contributed by atoms with Gasteiger partial charge in [0.1, 0.15) is 30.7 Å². The third-order valence-electron chi connectivity index (χ3n) is 5.80. The summed E-state index contributed by atoms with van der Waals surface area (Å²) >= 11 is 0. The molecule has 1 aliphatic heterocycles. The zero-order valence-corrected chi connectivity index (χ0v) is 19.8. The second-order valence-corrected chi connectivity index (χ2v) is 8.49. The maximum absolute atomic E-state index is 10.4. The number of aromatic nitrogens is 1. The summed E-state index contributed by atoms with van der Waals surface area (Å²) in [7, 11) is 0. The Balaban J connectivity index is 0.000000568. The Kier molecular flexibility index (Phi) is 9.58. The van der Waals surface area contributed by atoms with Crippen molar-refractivity contribution in [2.24, 2.45) is 0 Å². The molecule has 0 bridgehead atoms.